The lowest BCUT2D eigenvalue weighted by molar-refractivity contribution is -0.142. The quantitative estimate of drug-likeness (QED) is 0.849. The molecule has 2 rings (SSSR count). The van der Waals surface area contributed by atoms with Gasteiger partial charge in [0.1, 0.15) is 6.04 Å². The molecular weight excluding hydrogens is 292 g/mol. The van der Waals surface area contributed by atoms with E-state index in [1.807, 2.05) is 35.2 Å². The summed E-state index contributed by atoms with van der Waals surface area (Å²) in [6, 6.07) is 9.09. The van der Waals surface area contributed by atoms with E-state index in [4.69, 9.17) is 4.74 Å². The molecule has 1 aliphatic heterocycles. The van der Waals surface area contributed by atoms with Crippen LogP contribution < -0.4 is 5.32 Å². The number of nitrogens with one attached hydrogen (secondary N) is 1. The van der Waals surface area contributed by atoms with E-state index in [0.717, 1.165) is 37.8 Å². The van der Waals surface area contributed by atoms with E-state index in [9.17, 15) is 9.59 Å². The van der Waals surface area contributed by atoms with Gasteiger partial charge in [0, 0.05) is 19.0 Å². The lowest BCUT2D eigenvalue weighted by Crippen LogP contribution is -2.53. The number of piperidine rings is 1. The summed E-state index contributed by atoms with van der Waals surface area (Å²) in [5, 5.41) is 2.86. The van der Waals surface area contributed by atoms with Gasteiger partial charge in [-0.15, -0.1) is 0 Å². The minimum atomic E-state index is -0.658. The first-order chi connectivity index (χ1) is 11.2. The largest absolute Gasteiger partial charge is 0.467 e. The Bertz CT molecular complexity index is 518. The predicted octanol–water partition coefficient (Wildman–Crippen LogP) is 2.74. The Morgan fingerprint density at radius 2 is 2.04 bits per heavy atom. The van der Waals surface area contributed by atoms with Gasteiger partial charge in [-0.3, -0.25) is 0 Å². The van der Waals surface area contributed by atoms with E-state index in [-0.39, 0.29) is 12.1 Å². The smallest absolute Gasteiger partial charge is 0.328 e. The molecule has 0 spiro atoms. The molecule has 5 heteroatoms. The monoisotopic (exact) mass is 318 g/mol. The Labute approximate surface area is 138 Å². The second-order valence-electron chi connectivity index (χ2n) is 5.97. The zero-order valence-electron chi connectivity index (χ0n) is 14.0. The van der Waals surface area contributed by atoms with E-state index in [1.54, 1.807) is 0 Å². The second-order valence-corrected chi connectivity index (χ2v) is 5.97. The van der Waals surface area contributed by atoms with E-state index in [0.29, 0.717) is 6.42 Å². The lowest BCUT2D eigenvalue weighted by Gasteiger charge is -2.36. The number of ether oxygens (including phenoxy) is 1. The summed E-state index contributed by atoms with van der Waals surface area (Å²) in [5.41, 5.74) is 0.994. The molecule has 5 nitrogen and oxygen atoms in total. The molecule has 0 aromatic heterocycles. The van der Waals surface area contributed by atoms with Gasteiger partial charge in [-0.05, 0) is 31.2 Å². The number of nitrogens with zero attached hydrogens (tertiary/aromatic N) is 1. The first-order valence-corrected chi connectivity index (χ1v) is 8.34. The van der Waals surface area contributed by atoms with Crippen molar-refractivity contribution < 1.29 is 14.3 Å². The van der Waals surface area contributed by atoms with Crippen molar-refractivity contribution >= 4 is 12.0 Å². The van der Waals surface area contributed by atoms with Crippen LogP contribution in [0.15, 0.2) is 30.3 Å². The topological polar surface area (TPSA) is 58.6 Å². The fraction of sp³-hybridized carbons (Fsp3) is 0.556. The number of methoxy groups -OCH3 is 1. The Kier molecular flexibility index (Phi) is 6.44. The van der Waals surface area contributed by atoms with E-state index in [1.165, 1.54) is 7.11 Å². The van der Waals surface area contributed by atoms with Gasteiger partial charge in [0.15, 0.2) is 0 Å². The molecule has 1 unspecified atom stereocenters. The molecule has 2 atom stereocenters. The summed E-state index contributed by atoms with van der Waals surface area (Å²) in [6.07, 6.45) is 4.59. The highest BCUT2D eigenvalue weighted by Crippen LogP contribution is 2.19. The maximum atomic E-state index is 12.6. The minimum Gasteiger partial charge on any atom is -0.467 e. The highest BCUT2D eigenvalue weighted by molar-refractivity contribution is 5.84. The number of hydrogen-bond acceptors (Lipinski definition) is 3. The van der Waals surface area contributed by atoms with Crippen LogP contribution in [0, 0.1) is 0 Å². The molecule has 2 amide bonds. The molecule has 0 bridgehead atoms. The Balaban J connectivity index is 2.04. The van der Waals surface area contributed by atoms with Crippen LogP contribution in [0.5, 0.6) is 0 Å². The fourth-order valence-corrected chi connectivity index (χ4v) is 3.11. The number of urea groups is 1. The van der Waals surface area contributed by atoms with Crippen molar-refractivity contribution in [3.05, 3.63) is 35.9 Å². The Hall–Kier alpha value is -2.04. The summed E-state index contributed by atoms with van der Waals surface area (Å²) >= 11 is 0. The van der Waals surface area contributed by atoms with Gasteiger partial charge in [-0.25, -0.2) is 9.59 Å². The van der Waals surface area contributed by atoms with E-state index < -0.39 is 12.0 Å². The third-order valence-corrected chi connectivity index (χ3v) is 4.43. The number of esters is 1. The van der Waals surface area contributed by atoms with Crippen molar-refractivity contribution in [2.24, 2.45) is 0 Å². The average Bonchev–Trinajstić information content (AvgIpc) is 2.61. The zero-order chi connectivity index (χ0) is 16.7. The van der Waals surface area contributed by atoms with Crippen molar-refractivity contribution in [3.63, 3.8) is 0 Å². The highest BCUT2D eigenvalue weighted by Gasteiger charge is 2.29. The number of hydrogen-bond donors (Lipinski definition) is 1. The number of amides is 2. The van der Waals surface area contributed by atoms with Gasteiger partial charge >= 0.3 is 12.0 Å². The fourth-order valence-electron chi connectivity index (χ4n) is 3.11. The Morgan fingerprint density at radius 1 is 1.30 bits per heavy atom. The van der Waals surface area contributed by atoms with Gasteiger partial charge in [-0.1, -0.05) is 37.3 Å². The molecule has 126 valence electrons. The lowest BCUT2D eigenvalue weighted by atomic mass is 10.0. The zero-order valence-corrected chi connectivity index (χ0v) is 14.0. The molecule has 1 aromatic carbocycles. The maximum Gasteiger partial charge on any atom is 0.328 e. The summed E-state index contributed by atoms with van der Waals surface area (Å²) in [5.74, 6) is -0.410. The molecule has 1 heterocycles. The second kappa shape index (κ2) is 8.56. The van der Waals surface area contributed by atoms with Crippen LogP contribution in [0.2, 0.25) is 0 Å². The molecular formula is C18H26N2O3. The van der Waals surface area contributed by atoms with Crippen molar-refractivity contribution in [1.29, 1.82) is 0 Å². The number of carbonyl (C=O) groups excluding carboxylic acids is 2. The molecule has 23 heavy (non-hydrogen) atoms. The van der Waals surface area contributed by atoms with Crippen molar-refractivity contribution in [1.82, 2.24) is 10.2 Å². The van der Waals surface area contributed by atoms with Gasteiger partial charge < -0.3 is 15.0 Å². The minimum absolute atomic E-state index is 0.164. The molecule has 1 aromatic rings. The number of benzene rings is 1. The van der Waals surface area contributed by atoms with Gasteiger partial charge in [0.05, 0.1) is 7.11 Å². The molecule has 1 saturated heterocycles. The van der Waals surface area contributed by atoms with Crippen LogP contribution in [-0.4, -0.2) is 42.6 Å². The van der Waals surface area contributed by atoms with Crippen LogP contribution in [0.3, 0.4) is 0 Å². The van der Waals surface area contributed by atoms with E-state index in [2.05, 4.69) is 12.2 Å². The summed E-state index contributed by atoms with van der Waals surface area (Å²) in [4.78, 5) is 26.5. The van der Waals surface area contributed by atoms with Crippen LogP contribution in [-0.2, 0) is 16.0 Å². The molecule has 0 radical (unpaired) electrons. The SMILES string of the molecule is CCC1CCCCN1C(=O)N[C@H](Cc1ccccc1)C(=O)OC. The predicted molar refractivity (Wildman–Crippen MR) is 89.1 cm³/mol. The molecule has 0 saturated carbocycles. The molecule has 1 fully saturated rings. The Morgan fingerprint density at radius 3 is 2.70 bits per heavy atom. The maximum absolute atomic E-state index is 12.6. The normalized spacial score (nSPS) is 19.0. The number of carbonyl (C=O) groups is 2. The van der Waals surface area contributed by atoms with Gasteiger partial charge in [0.25, 0.3) is 0 Å². The molecule has 1 N–H and O–H groups in total. The molecule has 1 aliphatic rings. The van der Waals surface area contributed by atoms with Gasteiger partial charge in [0.2, 0.25) is 0 Å². The number of likely N-dealkylation sites (tertiary alicyclic amines) is 1. The summed E-state index contributed by atoms with van der Waals surface area (Å²) in [7, 11) is 1.35. The summed E-state index contributed by atoms with van der Waals surface area (Å²) < 4.78 is 4.85. The van der Waals surface area contributed by atoms with Crippen molar-refractivity contribution in [2.45, 2.75) is 51.1 Å². The van der Waals surface area contributed by atoms with Crippen LogP contribution in [0.4, 0.5) is 4.79 Å². The molecule has 0 aliphatic carbocycles. The van der Waals surface area contributed by atoms with Gasteiger partial charge in [-0.2, -0.15) is 0 Å². The summed E-state index contributed by atoms with van der Waals surface area (Å²) in [6.45, 7) is 2.85. The van der Waals surface area contributed by atoms with Crippen LogP contribution in [0.1, 0.15) is 38.2 Å². The number of rotatable bonds is 5. The third-order valence-electron chi connectivity index (χ3n) is 4.43. The highest BCUT2D eigenvalue weighted by atomic mass is 16.5. The standard InChI is InChI=1S/C18H26N2O3/c1-3-15-11-7-8-12-20(15)18(22)19-16(17(21)23-2)13-14-9-5-4-6-10-14/h4-6,9-10,15-16H,3,7-8,11-13H2,1-2H3,(H,19,22)/t15?,16-/m1/s1. The average molecular weight is 318 g/mol. The van der Waals surface area contributed by atoms with E-state index >= 15 is 0 Å². The first-order valence-electron chi connectivity index (χ1n) is 8.34. The third kappa shape index (κ3) is 4.71. The van der Waals surface area contributed by atoms with Crippen LogP contribution >= 0.6 is 0 Å². The van der Waals surface area contributed by atoms with Crippen LogP contribution in [0.25, 0.3) is 0 Å². The van der Waals surface area contributed by atoms with Crippen molar-refractivity contribution in [3.8, 4) is 0 Å². The van der Waals surface area contributed by atoms with Crippen molar-refractivity contribution in [2.75, 3.05) is 13.7 Å². The first kappa shape index (κ1) is 17.3.